The van der Waals surface area contributed by atoms with Crippen molar-refractivity contribution in [1.82, 2.24) is 0 Å². The quantitative estimate of drug-likeness (QED) is 0.178. The molecule has 8 heteroatoms. The molecule has 1 aliphatic rings. The minimum Gasteiger partial charge on any atom is -0.493 e. The lowest BCUT2D eigenvalue weighted by molar-refractivity contribution is -0.129. The predicted octanol–water partition coefficient (Wildman–Crippen LogP) is 6.84. The van der Waals surface area contributed by atoms with Gasteiger partial charge in [0.25, 0.3) is 0 Å². The molecule has 3 aromatic rings. The van der Waals surface area contributed by atoms with Gasteiger partial charge in [-0.25, -0.2) is 9.79 Å². The number of aliphatic imine (C=N–C) groups is 1. The fourth-order valence-electron chi connectivity index (χ4n) is 3.23. The molecule has 0 amide bonds. The van der Waals surface area contributed by atoms with Gasteiger partial charge in [0.1, 0.15) is 6.61 Å². The molecule has 0 fully saturated rings. The molecule has 0 N–H and O–H groups in total. The van der Waals surface area contributed by atoms with Gasteiger partial charge in [-0.05, 0) is 82.6 Å². The van der Waals surface area contributed by atoms with Crippen molar-refractivity contribution in [3.63, 3.8) is 0 Å². The molecular weight excluding hydrogens is 576 g/mol. The van der Waals surface area contributed by atoms with Crippen molar-refractivity contribution in [3.8, 4) is 11.5 Å². The van der Waals surface area contributed by atoms with E-state index in [1.54, 1.807) is 30.3 Å². The van der Waals surface area contributed by atoms with Gasteiger partial charge in [0.15, 0.2) is 17.2 Å². The fourth-order valence-corrected chi connectivity index (χ4v) is 4.19. The molecule has 0 radical (unpaired) electrons. The molecule has 3 aromatic carbocycles. The molecule has 0 saturated heterocycles. The molecule has 0 aromatic heterocycles. The van der Waals surface area contributed by atoms with Gasteiger partial charge in [0.2, 0.25) is 5.90 Å². The molecule has 0 unspecified atom stereocenters. The van der Waals surface area contributed by atoms with Crippen molar-refractivity contribution in [2.24, 2.45) is 4.99 Å². The molecule has 1 aliphatic heterocycles. The van der Waals surface area contributed by atoms with Gasteiger partial charge in [-0.2, -0.15) is 0 Å². The van der Waals surface area contributed by atoms with E-state index in [2.05, 4.69) is 27.6 Å². The number of hydrogen-bond donors (Lipinski definition) is 0. The molecule has 1 heterocycles. The molecule has 0 saturated carbocycles. The average molecular weight is 594 g/mol. The predicted molar refractivity (Wildman–Crippen MR) is 138 cm³/mol. The van der Waals surface area contributed by atoms with Crippen molar-refractivity contribution >= 4 is 63.7 Å². The molecule has 0 spiro atoms. The number of nitrogens with zero attached hydrogens (tertiary/aromatic N) is 1. The number of benzene rings is 3. The normalized spacial score (nSPS) is 14.3. The summed E-state index contributed by atoms with van der Waals surface area (Å²) in [5.41, 5.74) is 3.47. The number of rotatable bonds is 6. The van der Waals surface area contributed by atoms with E-state index < -0.39 is 5.97 Å². The maximum atomic E-state index is 12.4. The summed E-state index contributed by atoms with van der Waals surface area (Å²) in [6.07, 6.45) is 1.58. The Morgan fingerprint density at radius 2 is 1.88 bits per heavy atom. The van der Waals surface area contributed by atoms with E-state index in [9.17, 15) is 4.79 Å². The third-order valence-corrected chi connectivity index (χ3v) is 6.25. The van der Waals surface area contributed by atoms with Gasteiger partial charge in [-0.15, -0.1) is 0 Å². The van der Waals surface area contributed by atoms with Gasteiger partial charge < -0.3 is 14.2 Å². The number of ether oxygens (including phenoxy) is 3. The lowest BCUT2D eigenvalue weighted by atomic mass is 10.1. The van der Waals surface area contributed by atoms with Crippen LogP contribution < -0.4 is 9.47 Å². The van der Waals surface area contributed by atoms with E-state index in [0.29, 0.717) is 39.3 Å². The van der Waals surface area contributed by atoms with Crippen LogP contribution in [0.15, 0.2) is 65.3 Å². The second-order valence-electron chi connectivity index (χ2n) is 7.21. The lowest BCUT2D eigenvalue weighted by Gasteiger charge is -2.14. The molecule has 33 heavy (non-hydrogen) atoms. The minimum atomic E-state index is -0.574. The molecule has 168 valence electrons. The zero-order valence-electron chi connectivity index (χ0n) is 17.7. The van der Waals surface area contributed by atoms with E-state index in [1.165, 1.54) is 7.11 Å². The van der Waals surface area contributed by atoms with Crippen molar-refractivity contribution < 1.29 is 19.0 Å². The third-order valence-electron chi connectivity index (χ3n) is 4.97. The van der Waals surface area contributed by atoms with E-state index in [0.717, 1.165) is 14.7 Å². The Bertz CT molecular complexity index is 1300. The average Bonchev–Trinajstić information content (AvgIpc) is 3.15. The first-order valence-electron chi connectivity index (χ1n) is 9.88. The Morgan fingerprint density at radius 1 is 1.09 bits per heavy atom. The summed E-state index contributed by atoms with van der Waals surface area (Å²) in [7, 11) is 1.53. The summed E-state index contributed by atoms with van der Waals surface area (Å²) in [5, 5.41) is 0.800. The maximum Gasteiger partial charge on any atom is 0.363 e. The highest BCUT2D eigenvalue weighted by molar-refractivity contribution is 14.1. The Labute approximate surface area is 215 Å². The summed E-state index contributed by atoms with van der Waals surface area (Å²) in [6.45, 7) is 2.37. The first-order valence-corrected chi connectivity index (χ1v) is 11.7. The highest BCUT2D eigenvalue weighted by Gasteiger charge is 2.26. The summed E-state index contributed by atoms with van der Waals surface area (Å²) in [6, 6.07) is 16.8. The van der Waals surface area contributed by atoms with E-state index in [-0.39, 0.29) is 11.6 Å². The van der Waals surface area contributed by atoms with Crippen LogP contribution >= 0.6 is 45.8 Å². The minimum absolute atomic E-state index is 0.131. The first-order chi connectivity index (χ1) is 15.9. The van der Waals surface area contributed by atoms with Crippen LogP contribution in [-0.2, 0) is 16.1 Å². The Kier molecular flexibility index (Phi) is 7.26. The number of cyclic esters (lactones) is 1. The molecule has 4 rings (SSSR count). The third kappa shape index (κ3) is 5.34. The van der Waals surface area contributed by atoms with Crippen LogP contribution in [0.3, 0.4) is 0 Å². The van der Waals surface area contributed by atoms with Gasteiger partial charge in [-0.3, -0.25) is 0 Å². The summed E-state index contributed by atoms with van der Waals surface area (Å²) < 4.78 is 17.7. The van der Waals surface area contributed by atoms with Crippen molar-refractivity contribution in [2.75, 3.05) is 7.11 Å². The number of hydrogen-bond acceptors (Lipinski definition) is 5. The van der Waals surface area contributed by atoms with Crippen LogP contribution in [0.25, 0.3) is 6.08 Å². The fraction of sp³-hybridized carbons (Fsp3) is 0.120. The number of carbonyl (C=O) groups excluding carboxylic acids is 1. The zero-order valence-corrected chi connectivity index (χ0v) is 21.4. The van der Waals surface area contributed by atoms with Crippen LogP contribution in [0.2, 0.25) is 10.0 Å². The largest absolute Gasteiger partial charge is 0.493 e. The van der Waals surface area contributed by atoms with Crippen LogP contribution in [0.4, 0.5) is 0 Å². The second kappa shape index (κ2) is 10.2. The maximum absolute atomic E-state index is 12.4. The van der Waals surface area contributed by atoms with Crippen LogP contribution in [0.1, 0.15) is 22.3 Å². The summed E-state index contributed by atoms with van der Waals surface area (Å²) >= 11 is 14.9. The van der Waals surface area contributed by atoms with Crippen LogP contribution in [0.5, 0.6) is 11.5 Å². The smallest absolute Gasteiger partial charge is 0.363 e. The van der Waals surface area contributed by atoms with Gasteiger partial charge in [0.05, 0.1) is 22.7 Å². The van der Waals surface area contributed by atoms with E-state index >= 15 is 0 Å². The Morgan fingerprint density at radius 3 is 2.64 bits per heavy atom. The summed E-state index contributed by atoms with van der Waals surface area (Å²) in [5.74, 6) is 0.452. The van der Waals surface area contributed by atoms with Crippen LogP contribution in [0, 0.1) is 10.5 Å². The second-order valence-corrected chi connectivity index (χ2v) is 9.27. The molecule has 0 atom stereocenters. The monoisotopic (exact) mass is 593 g/mol. The number of halogens is 3. The SMILES string of the molecule is COc1cc(/C=C2\N=C(c3cc(I)ccc3Cl)OC2=O)cc(Cl)c1OCc1ccccc1C. The van der Waals surface area contributed by atoms with Gasteiger partial charge >= 0.3 is 5.97 Å². The Hall–Kier alpha value is -2.55. The zero-order chi connectivity index (χ0) is 23.5. The molecule has 0 aliphatic carbocycles. The lowest BCUT2D eigenvalue weighted by Crippen LogP contribution is -2.06. The van der Waals surface area contributed by atoms with Crippen molar-refractivity contribution in [3.05, 3.63) is 96.2 Å². The molecule has 0 bridgehead atoms. The summed E-state index contributed by atoms with van der Waals surface area (Å²) in [4.78, 5) is 16.8. The highest BCUT2D eigenvalue weighted by atomic mass is 127. The number of aryl methyl sites for hydroxylation is 1. The van der Waals surface area contributed by atoms with Gasteiger partial charge in [0, 0.05) is 3.57 Å². The topological polar surface area (TPSA) is 57.1 Å². The highest BCUT2D eigenvalue weighted by Crippen LogP contribution is 2.38. The number of esters is 1. The van der Waals surface area contributed by atoms with Gasteiger partial charge in [-0.1, -0.05) is 47.5 Å². The van der Waals surface area contributed by atoms with E-state index in [1.807, 2.05) is 37.3 Å². The van der Waals surface area contributed by atoms with E-state index in [4.69, 9.17) is 37.4 Å². The van der Waals surface area contributed by atoms with Crippen molar-refractivity contribution in [2.45, 2.75) is 13.5 Å². The first kappa shape index (κ1) is 23.6. The van der Waals surface area contributed by atoms with Crippen LogP contribution in [-0.4, -0.2) is 19.0 Å². The number of methoxy groups -OCH3 is 1. The number of carbonyl (C=O) groups is 1. The molecular formula is C25H18Cl2INO4. The standard InChI is InChI=1S/C25H18Cl2INO4/c1-14-5-3-4-6-16(14)13-32-23-20(27)9-15(11-22(23)31-2)10-21-25(30)33-24(29-21)18-12-17(28)7-8-19(18)26/h3-12H,13H2,1-2H3/b21-10-. The molecule has 5 nitrogen and oxygen atoms in total. The Balaban J connectivity index is 1.62. The van der Waals surface area contributed by atoms with Crippen molar-refractivity contribution in [1.29, 1.82) is 0 Å².